The Morgan fingerprint density at radius 3 is 2.50 bits per heavy atom. The first-order chi connectivity index (χ1) is 18.1. The summed E-state index contributed by atoms with van der Waals surface area (Å²) < 4.78 is 62.6. The Morgan fingerprint density at radius 1 is 1.08 bits per heavy atom. The molecule has 0 aliphatic carbocycles. The van der Waals surface area contributed by atoms with Crippen molar-refractivity contribution >= 4 is 22.8 Å². The fourth-order valence-electron chi connectivity index (χ4n) is 4.41. The molecule has 0 amide bonds. The summed E-state index contributed by atoms with van der Waals surface area (Å²) in [5.74, 6) is -0.286. The fourth-order valence-corrected chi connectivity index (χ4v) is 4.41. The second-order valence-corrected chi connectivity index (χ2v) is 8.75. The number of benzene rings is 1. The zero-order valence-corrected chi connectivity index (χ0v) is 20.2. The van der Waals surface area contributed by atoms with Gasteiger partial charge in [0.15, 0.2) is 11.4 Å². The monoisotopic (exact) mass is 533 g/mol. The lowest BCUT2D eigenvalue weighted by atomic mass is 10.2. The molecule has 0 unspecified atom stereocenters. The van der Waals surface area contributed by atoms with E-state index >= 15 is 0 Å². The van der Waals surface area contributed by atoms with Gasteiger partial charge in [-0.1, -0.05) is 0 Å². The summed E-state index contributed by atoms with van der Waals surface area (Å²) in [6, 6.07) is 6.61. The second kappa shape index (κ2) is 9.93. The molecular weight excluding hydrogens is 510 g/mol. The van der Waals surface area contributed by atoms with Gasteiger partial charge in [-0.2, -0.15) is 4.98 Å². The van der Waals surface area contributed by atoms with Crippen LogP contribution in [-0.4, -0.2) is 63.5 Å². The van der Waals surface area contributed by atoms with Gasteiger partial charge in [0.1, 0.15) is 28.5 Å². The lowest BCUT2D eigenvalue weighted by molar-refractivity contribution is -0.274. The molecule has 0 radical (unpaired) electrons. The Kier molecular flexibility index (Phi) is 6.65. The van der Waals surface area contributed by atoms with Gasteiger partial charge in [0, 0.05) is 45.3 Å². The molecule has 2 N–H and O–H groups in total. The third kappa shape index (κ3) is 5.39. The van der Waals surface area contributed by atoms with Crippen LogP contribution in [0.1, 0.15) is 5.76 Å². The standard InChI is InChI=1S/C24H23F4N7O3/c1-14-2-5-18(37-14)20-21-22(32-23(29)31-20)35(19(36)13-30-21)11-8-33-6-9-34(10-7-33)17-4-3-15(12-16(17)25)38-24(26,27)28/h2-5,12-13H,6-11H2,1H3,(H2,29,31,32). The van der Waals surface area contributed by atoms with Crippen molar-refractivity contribution in [3.8, 4) is 17.2 Å². The number of ether oxygens (including phenoxy) is 1. The smallest absolute Gasteiger partial charge is 0.460 e. The van der Waals surface area contributed by atoms with Crippen LogP contribution in [0.2, 0.25) is 0 Å². The number of hydrogen-bond acceptors (Lipinski definition) is 9. The van der Waals surface area contributed by atoms with Crippen molar-refractivity contribution in [3.63, 3.8) is 0 Å². The number of nitrogens with two attached hydrogens (primary N) is 1. The Hall–Kier alpha value is -4.20. The van der Waals surface area contributed by atoms with Gasteiger partial charge in [0.05, 0.1) is 11.9 Å². The van der Waals surface area contributed by atoms with Gasteiger partial charge in [-0.3, -0.25) is 14.3 Å². The minimum absolute atomic E-state index is 0.0232. The highest BCUT2D eigenvalue weighted by Crippen LogP contribution is 2.29. The van der Waals surface area contributed by atoms with Crippen molar-refractivity contribution in [1.29, 1.82) is 0 Å². The first-order valence-corrected chi connectivity index (χ1v) is 11.7. The Balaban J connectivity index is 1.28. The van der Waals surface area contributed by atoms with Crippen LogP contribution in [0.15, 0.2) is 45.7 Å². The van der Waals surface area contributed by atoms with E-state index in [2.05, 4.69) is 24.6 Å². The van der Waals surface area contributed by atoms with Gasteiger partial charge in [0.2, 0.25) is 5.95 Å². The van der Waals surface area contributed by atoms with Crippen molar-refractivity contribution in [1.82, 2.24) is 24.4 Å². The van der Waals surface area contributed by atoms with E-state index in [0.29, 0.717) is 62.0 Å². The number of piperazine rings is 1. The number of aryl methyl sites for hydroxylation is 1. The van der Waals surface area contributed by atoms with E-state index in [1.54, 1.807) is 24.0 Å². The highest BCUT2D eigenvalue weighted by atomic mass is 19.4. The van der Waals surface area contributed by atoms with E-state index in [0.717, 1.165) is 12.1 Å². The van der Waals surface area contributed by atoms with Gasteiger partial charge in [-0.15, -0.1) is 13.2 Å². The van der Waals surface area contributed by atoms with Crippen LogP contribution in [0.5, 0.6) is 5.75 Å². The van der Waals surface area contributed by atoms with Crippen LogP contribution in [0.4, 0.5) is 29.2 Å². The number of anilines is 2. The molecule has 1 fully saturated rings. The molecule has 0 bridgehead atoms. The molecule has 5 rings (SSSR count). The van der Waals surface area contributed by atoms with Crippen LogP contribution in [-0.2, 0) is 6.54 Å². The molecule has 4 aromatic rings. The van der Waals surface area contributed by atoms with E-state index in [9.17, 15) is 22.4 Å². The van der Waals surface area contributed by atoms with E-state index < -0.39 is 17.9 Å². The predicted octanol–water partition coefficient (Wildman–Crippen LogP) is 3.20. The third-order valence-corrected chi connectivity index (χ3v) is 6.19. The topological polar surface area (TPSA) is 116 Å². The number of alkyl halides is 3. The molecule has 1 saturated heterocycles. The largest absolute Gasteiger partial charge is 0.573 e. The highest BCUT2D eigenvalue weighted by molar-refractivity contribution is 5.86. The molecule has 0 atom stereocenters. The second-order valence-electron chi connectivity index (χ2n) is 8.75. The molecule has 0 spiro atoms. The summed E-state index contributed by atoms with van der Waals surface area (Å²) in [6.45, 7) is 4.57. The van der Waals surface area contributed by atoms with Gasteiger partial charge in [-0.25, -0.2) is 14.4 Å². The van der Waals surface area contributed by atoms with Crippen molar-refractivity contribution in [3.05, 3.63) is 58.5 Å². The Morgan fingerprint density at radius 2 is 1.84 bits per heavy atom. The number of hydrogen-bond donors (Lipinski definition) is 1. The maximum Gasteiger partial charge on any atom is 0.573 e. The summed E-state index contributed by atoms with van der Waals surface area (Å²) in [7, 11) is 0. The summed E-state index contributed by atoms with van der Waals surface area (Å²) in [6.07, 6.45) is -3.69. The summed E-state index contributed by atoms with van der Waals surface area (Å²) in [5, 5.41) is 0. The average Bonchev–Trinajstić information content (AvgIpc) is 3.28. The maximum atomic E-state index is 14.5. The van der Waals surface area contributed by atoms with Crippen LogP contribution in [0.25, 0.3) is 22.6 Å². The number of nitrogen functional groups attached to an aromatic ring is 1. The Labute approximate surface area is 213 Å². The molecule has 10 nitrogen and oxygen atoms in total. The fraction of sp³-hybridized carbons (Fsp3) is 0.333. The molecule has 4 heterocycles. The van der Waals surface area contributed by atoms with E-state index in [-0.39, 0.29) is 22.8 Å². The van der Waals surface area contributed by atoms with Crippen LogP contribution in [0.3, 0.4) is 0 Å². The molecule has 1 aliphatic rings. The highest BCUT2D eigenvalue weighted by Gasteiger charge is 2.31. The Bertz CT molecular complexity index is 1530. The molecule has 1 aliphatic heterocycles. The summed E-state index contributed by atoms with van der Waals surface area (Å²) >= 11 is 0. The minimum Gasteiger partial charge on any atom is -0.460 e. The number of fused-ring (bicyclic) bond motifs is 1. The van der Waals surface area contributed by atoms with E-state index in [4.69, 9.17) is 10.2 Å². The summed E-state index contributed by atoms with van der Waals surface area (Å²) in [4.78, 5) is 29.3. The molecule has 200 valence electrons. The molecule has 1 aromatic carbocycles. The molecular formula is C24H23F4N7O3. The number of aromatic nitrogens is 4. The zero-order valence-electron chi connectivity index (χ0n) is 20.2. The predicted molar refractivity (Wildman–Crippen MR) is 130 cm³/mol. The molecule has 3 aromatic heterocycles. The van der Waals surface area contributed by atoms with Crippen molar-refractivity contribution in [2.45, 2.75) is 19.8 Å². The normalized spacial score (nSPS) is 14.8. The minimum atomic E-state index is -4.89. The number of furan rings is 1. The average molecular weight is 533 g/mol. The van der Waals surface area contributed by atoms with Gasteiger partial charge < -0.3 is 19.8 Å². The van der Waals surface area contributed by atoms with Gasteiger partial charge in [0.25, 0.3) is 5.56 Å². The number of nitrogens with zero attached hydrogens (tertiary/aromatic N) is 6. The number of halogens is 4. The first-order valence-electron chi connectivity index (χ1n) is 11.7. The lowest BCUT2D eigenvalue weighted by Crippen LogP contribution is -2.47. The van der Waals surface area contributed by atoms with Crippen molar-refractivity contribution in [2.75, 3.05) is 43.4 Å². The quantitative estimate of drug-likeness (QED) is 0.373. The number of rotatable bonds is 6. The zero-order chi connectivity index (χ0) is 27.0. The SMILES string of the molecule is Cc1ccc(-c2nc(N)nc3c2ncc(=O)n3CCN2CCN(c3ccc(OC(F)(F)F)cc3F)CC2)o1. The van der Waals surface area contributed by atoms with Crippen molar-refractivity contribution < 1.29 is 26.7 Å². The van der Waals surface area contributed by atoms with Crippen molar-refractivity contribution in [2.24, 2.45) is 0 Å². The van der Waals surface area contributed by atoms with Crippen LogP contribution < -0.4 is 20.9 Å². The summed E-state index contributed by atoms with van der Waals surface area (Å²) in [5.41, 5.74) is 6.84. The maximum absolute atomic E-state index is 14.5. The first kappa shape index (κ1) is 25.4. The third-order valence-electron chi connectivity index (χ3n) is 6.19. The van der Waals surface area contributed by atoms with Crippen LogP contribution >= 0.6 is 0 Å². The van der Waals surface area contributed by atoms with Gasteiger partial charge in [-0.05, 0) is 31.2 Å². The molecule has 38 heavy (non-hydrogen) atoms. The van der Waals surface area contributed by atoms with E-state index in [1.807, 2.05) is 0 Å². The molecule has 0 saturated carbocycles. The lowest BCUT2D eigenvalue weighted by Gasteiger charge is -2.36. The van der Waals surface area contributed by atoms with E-state index in [1.165, 1.54) is 16.8 Å². The molecule has 14 heteroatoms. The van der Waals surface area contributed by atoms with Crippen LogP contribution in [0, 0.1) is 12.7 Å². The van der Waals surface area contributed by atoms with Gasteiger partial charge >= 0.3 is 6.36 Å².